The molecule has 1 aromatic rings. The average Bonchev–Trinajstić information content (AvgIpc) is 2.63. The molecule has 1 aliphatic rings. The van der Waals surface area contributed by atoms with Crippen LogP contribution in [0.25, 0.3) is 0 Å². The van der Waals surface area contributed by atoms with Crippen molar-refractivity contribution in [1.82, 2.24) is 10.3 Å². The number of amides is 1. The lowest BCUT2D eigenvalue weighted by atomic mass is 10.0. The summed E-state index contributed by atoms with van der Waals surface area (Å²) in [5.41, 5.74) is 0.572. The molecule has 21 heavy (non-hydrogen) atoms. The van der Waals surface area contributed by atoms with Crippen LogP contribution in [-0.2, 0) is 0 Å². The second kappa shape index (κ2) is 7.64. The van der Waals surface area contributed by atoms with Crippen molar-refractivity contribution in [3.05, 3.63) is 22.8 Å². The summed E-state index contributed by atoms with van der Waals surface area (Å²) in [6.45, 7) is 5.01. The second-order valence-corrected chi connectivity index (χ2v) is 6.27. The van der Waals surface area contributed by atoms with E-state index in [0.717, 1.165) is 25.3 Å². The van der Waals surface area contributed by atoms with Gasteiger partial charge in [0.25, 0.3) is 5.91 Å². The first kappa shape index (κ1) is 16.1. The molecule has 1 aromatic heterocycles. The minimum atomic E-state index is -0.0574. The van der Waals surface area contributed by atoms with E-state index >= 15 is 0 Å². The van der Waals surface area contributed by atoms with E-state index in [1.54, 1.807) is 12.1 Å². The largest absolute Gasteiger partial charge is 0.370 e. The molecule has 0 spiro atoms. The maximum Gasteiger partial charge on any atom is 0.251 e. The molecule has 2 unspecified atom stereocenters. The topological polar surface area (TPSA) is 54.0 Å². The van der Waals surface area contributed by atoms with Gasteiger partial charge in [0.2, 0.25) is 0 Å². The number of anilines is 1. The number of nitrogens with zero attached hydrogens (tertiary/aromatic N) is 1. The number of halogens is 1. The number of carbonyl (C=O) groups excluding carboxylic acids is 1. The number of hydrogen-bond donors (Lipinski definition) is 2. The van der Waals surface area contributed by atoms with Crippen LogP contribution in [0.15, 0.2) is 12.1 Å². The molecule has 1 aliphatic carbocycles. The second-order valence-electron chi connectivity index (χ2n) is 5.88. The Labute approximate surface area is 131 Å². The molecule has 2 N–H and O–H groups in total. The van der Waals surface area contributed by atoms with E-state index in [-0.39, 0.29) is 11.9 Å². The predicted molar refractivity (Wildman–Crippen MR) is 86.9 cm³/mol. The van der Waals surface area contributed by atoms with E-state index in [1.807, 2.05) is 6.92 Å². The highest BCUT2D eigenvalue weighted by Gasteiger charge is 2.19. The van der Waals surface area contributed by atoms with Crippen LogP contribution in [0.4, 0.5) is 5.82 Å². The fourth-order valence-corrected chi connectivity index (χ4v) is 3.01. The van der Waals surface area contributed by atoms with Crippen LogP contribution in [0.1, 0.15) is 56.3 Å². The molecule has 0 aromatic carbocycles. The van der Waals surface area contributed by atoms with E-state index in [1.165, 1.54) is 19.3 Å². The maximum absolute atomic E-state index is 12.4. The van der Waals surface area contributed by atoms with Crippen LogP contribution in [0.3, 0.4) is 0 Å². The summed E-state index contributed by atoms with van der Waals surface area (Å²) in [5.74, 6) is 1.35. The molecule has 0 saturated heterocycles. The fourth-order valence-electron chi connectivity index (χ4n) is 2.80. The normalized spacial score (nSPS) is 22.4. The highest BCUT2D eigenvalue weighted by Crippen LogP contribution is 2.23. The van der Waals surface area contributed by atoms with Crippen molar-refractivity contribution in [2.45, 2.75) is 52.0 Å². The average molecular weight is 310 g/mol. The molecule has 0 aliphatic heterocycles. The smallest absolute Gasteiger partial charge is 0.251 e. The lowest BCUT2D eigenvalue weighted by Crippen LogP contribution is -2.34. The van der Waals surface area contributed by atoms with Gasteiger partial charge in [-0.25, -0.2) is 4.98 Å². The lowest BCUT2D eigenvalue weighted by molar-refractivity contribution is 0.0933. The molecule has 1 saturated carbocycles. The minimum absolute atomic E-state index is 0.0574. The Morgan fingerprint density at radius 1 is 1.33 bits per heavy atom. The van der Waals surface area contributed by atoms with Crippen molar-refractivity contribution in [3.8, 4) is 0 Å². The molecule has 2 rings (SSSR count). The fraction of sp³-hybridized carbons (Fsp3) is 0.625. The quantitative estimate of drug-likeness (QED) is 0.656. The Morgan fingerprint density at radius 2 is 2.14 bits per heavy atom. The molecular weight excluding hydrogens is 286 g/mol. The zero-order chi connectivity index (χ0) is 15.2. The summed E-state index contributed by atoms with van der Waals surface area (Å²) in [6, 6.07) is 3.65. The third-order valence-corrected chi connectivity index (χ3v) is 4.20. The van der Waals surface area contributed by atoms with E-state index < -0.39 is 0 Å². The van der Waals surface area contributed by atoms with Crippen LogP contribution in [0.2, 0.25) is 5.15 Å². The molecule has 1 heterocycles. The van der Waals surface area contributed by atoms with Crippen molar-refractivity contribution in [3.63, 3.8) is 0 Å². The molecule has 4 nitrogen and oxygen atoms in total. The Kier molecular flexibility index (Phi) is 5.85. The molecule has 5 heteroatoms. The van der Waals surface area contributed by atoms with Crippen molar-refractivity contribution in [2.75, 3.05) is 11.9 Å². The molecule has 1 fully saturated rings. The third kappa shape index (κ3) is 4.88. The van der Waals surface area contributed by atoms with Crippen LogP contribution in [0, 0.1) is 5.92 Å². The number of hydrogen-bond acceptors (Lipinski definition) is 3. The van der Waals surface area contributed by atoms with Crippen LogP contribution in [0.5, 0.6) is 0 Å². The van der Waals surface area contributed by atoms with Gasteiger partial charge < -0.3 is 10.6 Å². The lowest BCUT2D eigenvalue weighted by Gasteiger charge is -2.17. The van der Waals surface area contributed by atoms with Gasteiger partial charge in [-0.15, -0.1) is 0 Å². The number of carbonyl (C=O) groups is 1. The van der Waals surface area contributed by atoms with Crippen LogP contribution >= 0.6 is 11.6 Å². The molecule has 1 amide bonds. The predicted octanol–water partition coefficient (Wildman–Crippen LogP) is 3.87. The first-order valence-corrected chi connectivity index (χ1v) is 8.18. The molecule has 0 bridgehead atoms. The van der Waals surface area contributed by atoms with Gasteiger partial charge >= 0.3 is 0 Å². The summed E-state index contributed by atoms with van der Waals surface area (Å²) in [4.78, 5) is 16.5. The number of pyridine rings is 1. The highest BCUT2D eigenvalue weighted by molar-refractivity contribution is 6.29. The van der Waals surface area contributed by atoms with Crippen LogP contribution < -0.4 is 10.6 Å². The standard InChI is InChI=1S/C16H24ClN3O/c1-3-18-15-10-12(9-14(17)20-15)16(21)19-13-6-4-5-11(2)7-8-13/h9-11,13H,3-8H2,1-2H3,(H,18,20)(H,19,21). The van der Waals surface area contributed by atoms with Crippen molar-refractivity contribution in [1.29, 1.82) is 0 Å². The van der Waals surface area contributed by atoms with Gasteiger partial charge in [-0.2, -0.15) is 0 Å². The first-order chi connectivity index (χ1) is 10.1. The SMILES string of the molecule is CCNc1cc(C(=O)NC2CCCC(C)CC2)cc(Cl)n1. The van der Waals surface area contributed by atoms with Gasteiger partial charge in [-0.3, -0.25) is 4.79 Å². The molecular formula is C16H24ClN3O. The van der Waals surface area contributed by atoms with E-state index in [2.05, 4.69) is 22.5 Å². The monoisotopic (exact) mass is 309 g/mol. The number of aromatic nitrogens is 1. The maximum atomic E-state index is 12.4. The van der Waals surface area contributed by atoms with Crippen LogP contribution in [-0.4, -0.2) is 23.5 Å². The third-order valence-electron chi connectivity index (χ3n) is 4.01. The molecule has 2 atom stereocenters. The van der Waals surface area contributed by atoms with E-state index in [0.29, 0.717) is 16.5 Å². The molecule has 0 radical (unpaired) electrons. The van der Waals surface area contributed by atoms with Crippen molar-refractivity contribution < 1.29 is 4.79 Å². The summed E-state index contributed by atoms with van der Waals surface area (Å²) >= 11 is 5.99. The summed E-state index contributed by atoms with van der Waals surface area (Å²) in [7, 11) is 0. The Hall–Kier alpha value is -1.29. The van der Waals surface area contributed by atoms with Gasteiger partial charge in [0.1, 0.15) is 11.0 Å². The number of nitrogens with one attached hydrogen (secondary N) is 2. The Bertz CT molecular complexity index is 492. The van der Waals surface area contributed by atoms with Gasteiger partial charge in [0.15, 0.2) is 0 Å². The first-order valence-electron chi connectivity index (χ1n) is 7.80. The van der Waals surface area contributed by atoms with Crippen molar-refractivity contribution >= 4 is 23.3 Å². The minimum Gasteiger partial charge on any atom is -0.370 e. The molecule has 116 valence electrons. The van der Waals surface area contributed by atoms with E-state index in [4.69, 9.17) is 11.6 Å². The summed E-state index contributed by atoms with van der Waals surface area (Å²) in [5, 5.41) is 6.57. The van der Waals surface area contributed by atoms with Gasteiger partial charge in [-0.05, 0) is 44.2 Å². The zero-order valence-corrected chi connectivity index (χ0v) is 13.5. The zero-order valence-electron chi connectivity index (χ0n) is 12.8. The highest BCUT2D eigenvalue weighted by atomic mass is 35.5. The summed E-state index contributed by atoms with van der Waals surface area (Å²) in [6.07, 6.45) is 5.76. The number of rotatable bonds is 4. The van der Waals surface area contributed by atoms with Gasteiger partial charge in [-0.1, -0.05) is 31.4 Å². The van der Waals surface area contributed by atoms with Gasteiger partial charge in [0.05, 0.1) is 0 Å². The summed E-state index contributed by atoms with van der Waals surface area (Å²) < 4.78 is 0. The van der Waals surface area contributed by atoms with E-state index in [9.17, 15) is 4.79 Å². The Balaban J connectivity index is 2.02. The van der Waals surface area contributed by atoms with Crippen molar-refractivity contribution in [2.24, 2.45) is 5.92 Å². The Morgan fingerprint density at radius 3 is 2.90 bits per heavy atom. The van der Waals surface area contributed by atoms with Gasteiger partial charge in [0, 0.05) is 18.2 Å².